The van der Waals surface area contributed by atoms with Crippen LogP contribution in [0.25, 0.3) is 0 Å². The summed E-state index contributed by atoms with van der Waals surface area (Å²) in [7, 11) is 2.19. The predicted octanol–water partition coefficient (Wildman–Crippen LogP) is 6.18. The number of likely N-dealkylation sites (N-methyl/N-ethyl adjacent to an activating group) is 1. The van der Waals surface area contributed by atoms with Gasteiger partial charge in [-0.3, -0.25) is 14.7 Å². The van der Waals surface area contributed by atoms with E-state index in [2.05, 4.69) is 117 Å². The number of rotatable bonds is 5. The Bertz CT molecular complexity index is 595. The van der Waals surface area contributed by atoms with Crippen LogP contribution >= 0.6 is 11.8 Å². The molecule has 45 heavy (non-hydrogen) atoms. The SMILES string of the molecule is CC(C)N1CCCC1.CC(C)N1CCCCC1.CC(C)N1CCN(C)CC1.CC(C)N1CCOCC1.CC(C)N1CCSCC1. The number of piperidine rings is 1. The molecule has 0 atom stereocenters. The van der Waals surface area contributed by atoms with E-state index >= 15 is 0 Å². The fourth-order valence-corrected chi connectivity index (χ4v) is 7.15. The third-order valence-corrected chi connectivity index (χ3v) is 10.8. The van der Waals surface area contributed by atoms with Gasteiger partial charge in [0.1, 0.15) is 0 Å². The molecule has 5 aliphatic heterocycles. The Hall–Kier alpha value is 0.0700. The van der Waals surface area contributed by atoms with Crippen LogP contribution in [-0.2, 0) is 4.74 Å². The van der Waals surface area contributed by atoms with Gasteiger partial charge in [-0.05, 0) is 128 Å². The molecular formula is C37H80N6OS. The minimum absolute atomic E-state index is 0.689. The summed E-state index contributed by atoms with van der Waals surface area (Å²) in [5, 5.41) is 0. The molecule has 5 fully saturated rings. The van der Waals surface area contributed by atoms with E-state index in [1.54, 1.807) is 0 Å². The van der Waals surface area contributed by atoms with E-state index in [1.807, 2.05) is 0 Å². The molecule has 0 aromatic heterocycles. The van der Waals surface area contributed by atoms with E-state index in [4.69, 9.17) is 4.74 Å². The maximum Gasteiger partial charge on any atom is 0.0594 e. The van der Waals surface area contributed by atoms with Crippen molar-refractivity contribution in [1.29, 1.82) is 0 Å². The van der Waals surface area contributed by atoms with Gasteiger partial charge in [0.05, 0.1) is 13.2 Å². The largest absolute Gasteiger partial charge is 0.379 e. The van der Waals surface area contributed by atoms with Crippen molar-refractivity contribution in [2.24, 2.45) is 0 Å². The first-order chi connectivity index (χ1) is 21.4. The molecule has 7 nitrogen and oxygen atoms in total. The molecule has 5 aliphatic rings. The van der Waals surface area contributed by atoms with Gasteiger partial charge in [-0.2, -0.15) is 11.8 Å². The number of ether oxygens (including phenoxy) is 1. The number of hydrogen-bond donors (Lipinski definition) is 0. The fourth-order valence-electron chi connectivity index (χ4n) is 6.22. The van der Waals surface area contributed by atoms with Crippen LogP contribution in [-0.4, -0.2) is 170 Å². The van der Waals surface area contributed by atoms with E-state index in [9.17, 15) is 0 Å². The lowest BCUT2D eigenvalue weighted by molar-refractivity contribution is 0.0238. The van der Waals surface area contributed by atoms with E-state index in [1.165, 1.54) is 109 Å². The molecule has 5 saturated heterocycles. The number of morpholine rings is 1. The van der Waals surface area contributed by atoms with Gasteiger partial charge in [0.15, 0.2) is 0 Å². The summed E-state index contributed by atoms with van der Waals surface area (Å²) in [6, 6.07) is 3.72. The Labute approximate surface area is 287 Å². The summed E-state index contributed by atoms with van der Waals surface area (Å²) in [6.45, 7) is 39.6. The quantitative estimate of drug-likeness (QED) is 0.347. The predicted molar refractivity (Wildman–Crippen MR) is 202 cm³/mol. The average Bonchev–Trinajstić information content (AvgIpc) is 3.60. The molecule has 0 aromatic carbocycles. The number of likely N-dealkylation sites (tertiary alicyclic amines) is 2. The van der Waals surface area contributed by atoms with Crippen LogP contribution in [0.1, 0.15) is 101 Å². The molecule has 0 amide bonds. The van der Waals surface area contributed by atoms with Crippen molar-refractivity contribution in [3.8, 4) is 0 Å². The zero-order chi connectivity index (χ0) is 33.6. The van der Waals surface area contributed by atoms with Crippen LogP contribution in [0.3, 0.4) is 0 Å². The Morgan fingerprint density at radius 2 is 0.689 bits per heavy atom. The molecule has 0 saturated carbocycles. The van der Waals surface area contributed by atoms with Crippen LogP contribution in [0, 0.1) is 0 Å². The summed E-state index contributed by atoms with van der Waals surface area (Å²) in [4.78, 5) is 15.0. The maximum atomic E-state index is 5.21. The topological polar surface area (TPSA) is 28.7 Å². The van der Waals surface area contributed by atoms with Crippen molar-refractivity contribution in [2.45, 2.75) is 132 Å². The standard InChI is InChI=1S/C8H18N2.C8H17N.C7H15NO.C7H15NS.C7H15N/c1-8(2)10-6-4-9(3)5-7-10;1-8(2)9-6-4-3-5-7-9;2*1-7(2)8-3-5-9-6-4-8;1-7(2)8-5-3-4-6-8/h8H,4-7H2,1-3H3;8H,3-7H2,1-2H3;2*7H,3-6H2,1-2H3;7H,3-6H2,1-2H3. The number of piperazine rings is 1. The number of nitrogens with zero attached hydrogens (tertiary/aromatic N) is 6. The summed E-state index contributed by atoms with van der Waals surface area (Å²) < 4.78 is 5.21. The lowest BCUT2D eigenvalue weighted by Gasteiger charge is -2.34. The minimum atomic E-state index is 0.689. The Kier molecular flexibility index (Phi) is 24.9. The molecule has 0 aliphatic carbocycles. The fraction of sp³-hybridized carbons (Fsp3) is 1.00. The van der Waals surface area contributed by atoms with Gasteiger partial charge in [0.25, 0.3) is 0 Å². The van der Waals surface area contributed by atoms with Crippen molar-refractivity contribution in [3.05, 3.63) is 0 Å². The summed E-state index contributed by atoms with van der Waals surface area (Å²) in [6.07, 6.45) is 7.11. The van der Waals surface area contributed by atoms with Crippen LogP contribution in [0.4, 0.5) is 0 Å². The van der Waals surface area contributed by atoms with Gasteiger partial charge in [-0.25, -0.2) is 0 Å². The monoisotopic (exact) mass is 657 g/mol. The van der Waals surface area contributed by atoms with Gasteiger partial charge >= 0.3 is 0 Å². The first-order valence-electron chi connectivity index (χ1n) is 19.0. The molecule has 0 aromatic rings. The van der Waals surface area contributed by atoms with Crippen LogP contribution in [0.2, 0.25) is 0 Å². The molecule has 5 rings (SSSR count). The van der Waals surface area contributed by atoms with Gasteiger partial charge < -0.3 is 19.4 Å². The number of thioether (sulfide) groups is 1. The highest BCUT2D eigenvalue weighted by Crippen LogP contribution is 2.12. The van der Waals surface area contributed by atoms with E-state index in [0.29, 0.717) is 6.04 Å². The van der Waals surface area contributed by atoms with E-state index in [0.717, 1.165) is 50.5 Å². The zero-order valence-corrected chi connectivity index (χ0v) is 33.1. The molecule has 0 N–H and O–H groups in total. The summed E-state index contributed by atoms with van der Waals surface area (Å²) in [5.74, 6) is 2.66. The molecule has 0 spiro atoms. The Balaban J connectivity index is 0.000000282. The third-order valence-electron chi connectivity index (χ3n) is 9.81. The minimum Gasteiger partial charge on any atom is -0.379 e. The molecule has 8 heteroatoms. The lowest BCUT2D eigenvalue weighted by Crippen LogP contribution is -2.47. The smallest absolute Gasteiger partial charge is 0.0594 e. The van der Waals surface area contributed by atoms with Crippen LogP contribution in [0.5, 0.6) is 0 Å². The van der Waals surface area contributed by atoms with E-state index < -0.39 is 0 Å². The summed E-state index contributed by atoms with van der Waals surface area (Å²) in [5.41, 5.74) is 0. The first kappa shape index (κ1) is 43.1. The molecule has 0 radical (unpaired) electrons. The highest BCUT2D eigenvalue weighted by molar-refractivity contribution is 7.99. The van der Waals surface area contributed by atoms with Gasteiger partial charge in [0, 0.05) is 94.1 Å². The van der Waals surface area contributed by atoms with Crippen molar-refractivity contribution in [2.75, 3.05) is 110 Å². The second-order valence-corrected chi connectivity index (χ2v) is 16.2. The zero-order valence-electron chi connectivity index (χ0n) is 32.2. The number of hydrogen-bond acceptors (Lipinski definition) is 8. The molecular weight excluding hydrogens is 577 g/mol. The Morgan fingerprint density at radius 1 is 0.378 bits per heavy atom. The van der Waals surface area contributed by atoms with Crippen molar-refractivity contribution in [1.82, 2.24) is 29.4 Å². The average molecular weight is 657 g/mol. The second-order valence-electron chi connectivity index (χ2n) is 14.9. The van der Waals surface area contributed by atoms with Crippen LogP contribution in [0.15, 0.2) is 0 Å². The summed E-state index contributed by atoms with van der Waals surface area (Å²) >= 11 is 2.07. The third kappa shape index (κ3) is 20.9. The molecule has 270 valence electrons. The van der Waals surface area contributed by atoms with Gasteiger partial charge in [-0.15, -0.1) is 0 Å². The maximum absolute atomic E-state index is 5.21. The van der Waals surface area contributed by atoms with Crippen molar-refractivity contribution >= 4 is 11.8 Å². The van der Waals surface area contributed by atoms with Crippen LogP contribution < -0.4 is 0 Å². The van der Waals surface area contributed by atoms with Crippen molar-refractivity contribution in [3.63, 3.8) is 0 Å². The molecule has 0 bridgehead atoms. The normalized spacial score (nSPS) is 23.2. The van der Waals surface area contributed by atoms with E-state index in [-0.39, 0.29) is 0 Å². The molecule has 5 heterocycles. The van der Waals surface area contributed by atoms with Crippen molar-refractivity contribution < 1.29 is 4.74 Å². The van der Waals surface area contributed by atoms with Gasteiger partial charge in [0.2, 0.25) is 0 Å². The lowest BCUT2D eigenvalue weighted by atomic mass is 10.1. The first-order valence-corrected chi connectivity index (χ1v) is 20.1. The second kappa shape index (κ2) is 26.0. The highest BCUT2D eigenvalue weighted by atomic mass is 32.2. The molecule has 0 unspecified atom stereocenters. The van der Waals surface area contributed by atoms with Gasteiger partial charge in [-0.1, -0.05) is 6.42 Å². The highest BCUT2D eigenvalue weighted by Gasteiger charge is 2.16. The Morgan fingerprint density at radius 3 is 1.00 bits per heavy atom.